The van der Waals surface area contributed by atoms with E-state index in [-0.39, 0.29) is 12.1 Å². The molecule has 0 saturated heterocycles. The highest BCUT2D eigenvalue weighted by molar-refractivity contribution is 5.84. The van der Waals surface area contributed by atoms with Crippen LogP contribution in [0.2, 0.25) is 0 Å². The number of nitrogens with one attached hydrogen (secondary N) is 1. The number of hydrogen-bond donors (Lipinski definition) is 1. The quantitative estimate of drug-likeness (QED) is 0.878. The van der Waals surface area contributed by atoms with Crippen LogP contribution in [0.5, 0.6) is 11.5 Å². The van der Waals surface area contributed by atoms with Crippen LogP contribution in [0.1, 0.15) is 28.8 Å². The molecule has 0 saturated carbocycles. The molecule has 112 valence electrons. The first-order chi connectivity index (χ1) is 10.9. The van der Waals surface area contributed by atoms with Gasteiger partial charge in [-0.2, -0.15) is 0 Å². The van der Waals surface area contributed by atoms with Gasteiger partial charge in [0, 0.05) is 12.7 Å². The number of hydrogen-bond acceptors (Lipinski definition) is 4. The third-order valence-electron chi connectivity index (χ3n) is 4.95. The predicted molar refractivity (Wildman–Crippen MR) is 82.2 cm³/mol. The van der Waals surface area contributed by atoms with Gasteiger partial charge in [0.2, 0.25) is 6.79 Å². The molecular weight excluding hydrogens is 278 g/mol. The zero-order valence-corrected chi connectivity index (χ0v) is 12.4. The summed E-state index contributed by atoms with van der Waals surface area (Å²) in [5.74, 6) is 1.76. The molecule has 2 aromatic rings. The first kappa shape index (κ1) is 12.5. The van der Waals surface area contributed by atoms with Gasteiger partial charge in [-0.3, -0.25) is 0 Å². The number of ether oxygens (including phenoxy) is 3. The van der Waals surface area contributed by atoms with Gasteiger partial charge in [0.1, 0.15) is 6.10 Å². The SMILES string of the molecule is CO[C@H]1c2ccccc2-c2c3c(cc4c2C1NCC4)OCO3. The van der Waals surface area contributed by atoms with E-state index in [4.69, 9.17) is 14.2 Å². The predicted octanol–water partition coefficient (Wildman–Crippen LogP) is 2.97. The van der Waals surface area contributed by atoms with Crippen molar-refractivity contribution in [1.82, 2.24) is 5.32 Å². The fourth-order valence-corrected chi connectivity index (χ4v) is 4.08. The van der Waals surface area contributed by atoms with Gasteiger partial charge in [-0.25, -0.2) is 0 Å². The van der Waals surface area contributed by atoms with Gasteiger partial charge in [0.25, 0.3) is 0 Å². The molecule has 22 heavy (non-hydrogen) atoms. The summed E-state index contributed by atoms with van der Waals surface area (Å²) >= 11 is 0. The van der Waals surface area contributed by atoms with Crippen LogP contribution >= 0.6 is 0 Å². The zero-order chi connectivity index (χ0) is 14.7. The highest BCUT2D eigenvalue weighted by Gasteiger charge is 2.40. The molecule has 5 rings (SSSR count). The van der Waals surface area contributed by atoms with Crippen LogP contribution in [-0.4, -0.2) is 20.4 Å². The van der Waals surface area contributed by atoms with Crippen LogP contribution in [0.25, 0.3) is 11.1 Å². The third-order valence-corrected chi connectivity index (χ3v) is 4.95. The van der Waals surface area contributed by atoms with Crippen molar-refractivity contribution in [3.63, 3.8) is 0 Å². The molecule has 0 bridgehead atoms. The van der Waals surface area contributed by atoms with E-state index in [0.29, 0.717) is 6.79 Å². The van der Waals surface area contributed by atoms with Crippen LogP contribution in [0.4, 0.5) is 0 Å². The highest BCUT2D eigenvalue weighted by atomic mass is 16.7. The molecule has 2 heterocycles. The van der Waals surface area contributed by atoms with E-state index in [2.05, 4.69) is 35.6 Å². The first-order valence-electron chi connectivity index (χ1n) is 7.69. The lowest BCUT2D eigenvalue weighted by molar-refractivity contribution is 0.0641. The Kier molecular flexibility index (Phi) is 2.54. The molecule has 0 fully saturated rings. The van der Waals surface area contributed by atoms with E-state index in [1.807, 2.05) is 0 Å². The Morgan fingerprint density at radius 3 is 3.05 bits per heavy atom. The fourth-order valence-electron chi connectivity index (χ4n) is 4.08. The van der Waals surface area contributed by atoms with Gasteiger partial charge in [-0.15, -0.1) is 0 Å². The topological polar surface area (TPSA) is 39.7 Å². The molecule has 2 atom stereocenters. The van der Waals surface area contributed by atoms with Crippen LogP contribution in [0.3, 0.4) is 0 Å². The summed E-state index contributed by atoms with van der Waals surface area (Å²) in [5, 5.41) is 3.63. The Labute approximate surface area is 129 Å². The summed E-state index contributed by atoms with van der Waals surface area (Å²) in [6.45, 7) is 1.26. The molecule has 0 aromatic heterocycles. The van der Waals surface area contributed by atoms with Crippen molar-refractivity contribution < 1.29 is 14.2 Å². The summed E-state index contributed by atoms with van der Waals surface area (Å²) in [5.41, 5.74) is 6.27. The number of methoxy groups -OCH3 is 1. The summed E-state index contributed by atoms with van der Waals surface area (Å²) < 4.78 is 17.3. The number of rotatable bonds is 1. The van der Waals surface area contributed by atoms with Gasteiger partial charge in [-0.1, -0.05) is 24.3 Å². The summed E-state index contributed by atoms with van der Waals surface area (Å²) in [7, 11) is 1.79. The van der Waals surface area contributed by atoms with E-state index in [9.17, 15) is 0 Å². The normalized spacial score (nSPS) is 23.9. The monoisotopic (exact) mass is 295 g/mol. The molecule has 1 N–H and O–H groups in total. The standard InChI is InChI=1S/C18H17NO3/c1-20-17-12-5-3-2-4-11(12)15-14-10(6-7-19-16(14)17)8-13-18(15)22-9-21-13/h2-5,8,16-17,19H,6-7,9H2,1H3/t16?,17-/m0/s1. The lowest BCUT2D eigenvalue weighted by Crippen LogP contribution is -2.37. The second kappa shape index (κ2) is 4.48. The van der Waals surface area contributed by atoms with Gasteiger partial charge < -0.3 is 19.5 Å². The molecule has 4 heteroatoms. The van der Waals surface area contributed by atoms with Crippen molar-refractivity contribution in [2.45, 2.75) is 18.6 Å². The first-order valence-corrected chi connectivity index (χ1v) is 7.69. The van der Waals surface area contributed by atoms with E-state index in [1.165, 1.54) is 27.8 Å². The van der Waals surface area contributed by atoms with Gasteiger partial charge in [-0.05, 0) is 41.3 Å². The molecule has 1 unspecified atom stereocenters. The van der Waals surface area contributed by atoms with Crippen LogP contribution < -0.4 is 14.8 Å². The molecule has 3 aliphatic rings. The van der Waals surface area contributed by atoms with Crippen molar-refractivity contribution in [3.05, 3.63) is 47.0 Å². The van der Waals surface area contributed by atoms with E-state index < -0.39 is 0 Å². The zero-order valence-electron chi connectivity index (χ0n) is 12.4. The van der Waals surface area contributed by atoms with E-state index in [1.54, 1.807) is 7.11 Å². The molecule has 4 nitrogen and oxygen atoms in total. The third kappa shape index (κ3) is 1.49. The van der Waals surface area contributed by atoms with Gasteiger partial charge >= 0.3 is 0 Å². The molecule has 2 aliphatic heterocycles. The maximum absolute atomic E-state index is 5.85. The Morgan fingerprint density at radius 1 is 1.23 bits per heavy atom. The minimum absolute atomic E-state index is 0.0307. The van der Waals surface area contributed by atoms with Crippen LogP contribution in [0, 0.1) is 0 Å². The van der Waals surface area contributed by atoms with Crippen molar-refractivity contribution in [1.29, 1.82) is 0 Å². The molecule has 0 radical (unpaired) electrons. The average molecular weight is 295 g/mol. The lowest BCUT2D eigenvalue weighted by atomic mass is 9.76. The van der Waals surface area contributed by atoms with Gasteiger partial charge in [0.15, 0.2) is 11.5 Å². The summed E-state index contributed by atoms with van der Waals surface area (Å²) in [4.78, 5) is 0. The van der Waals surface area contributed by atoms with Crippen molar-refractivity contribution in [3.8, 4) is 22.6 Å². The van der Waals surface area contributed by atoms with Crippen molar-refractivity contribution in [2.75, 3.05) is 20.4 Å². The maximum Gasteiger partial charge on any atom is 0.231 e. The second-order valence-electron chi connectivity index (χ2n) is 5.98. The van der Waals surface area contributed by atoms with Crippen molar-refractivity contribution in [2.24, 2.45) is 0 Å². The van der Waals surface area contributed by atoms with E-state index >= 15 is 0 Å². The summed E-state index contributed by atoms with van der Waals surface area (Å²) in [6, 6.07) is 10.8. The minimum Gasteiger partial charge on any atom is -0.454 e. The average Bonchev–Trinajstić information content (AvgIpc) is 3.03. The summed E-state index contributed by atoms with van der Waals surface area (Å²) in [6.07, 6.45) is 1.04. The van der Waals surface area contributed by atoms with Crippen LogP contribution in [-0.2, 0) is 11.2 Å². The minimum atomic E-state index is 0.0307. The Hall–Kier alpha value is -2.04. The number of fused-ring (bicyclic) bond motifs is 4. The maximum atomic E-state index is 5.85. The molecule has 0 spiro atoms. The Morgan fingerprint density at radius 2 is 2.14 bits per heavy atom. The number of benzene rings is 2. The molecular formula is C18H17NO3. The highest BCUT2D eigenvalue weighted by Crippen LogP contribution is 2.55. The van der Waals surface area contributed by atoms with Crippen molar-refractivity contribution >= 4 is 0 Å². The largest absolute Gasteiger partial charge is 0.454 e. The fraction of sp³-hybridized carbons (Fsp3) is 0.333. The van der Waals surface area contributed by atoms with E-state index in [0.717, 1.165) is 24.5 Å². The Bertz CT molecular complexity index is 771. The van der Waals surface area contributed by atoms with Crippen LogP contribution in [0.15, 0.2) is 30.3 Å². The second-order valence-corrected chi connectivity index (χ2v) is 5.98. The van der Waals surface area contributed by atoms with Gasteiger partial charge in [0.05, 0.1) is 6.04 Å². The molecule has 0 amide bonds. The Balaban J connectivity index is 1.89. The molecule has 2 aromatic carbocycles. The molecule has 1 aliphatic carbocycles. The smallest absolute Gasteiger partial charge is 0.231 e. The lowest BCUT2D eigenvalue weighted by Gasteiger charge is -2.39.